The number of carbonyl (C=O) groups is 1. The van der Waals surface area contributed by atoms with Gasteiger partial charge in [0.2, 0.25) is 0 Å². The lowest BCUT2D eigenvalue weighted by Crippen LogP contribution is -2.45. The molecule has 6 nitrogen and oxygen atoms in total. The van der Waals surface area contributed by atoms with E-state index in [4.69, 9.17) is 39.8 Å². The van der Waals surface area contributed by atoms with Gasteiger partial charge in [-0.05, 0) is 72.4 Å². The second kappa shape index (κ2) is 12.0. The molecule has 5 rings (SSSR count). The van der Waals surface area contributed by atoms with E-state index in [1.54, 1.807) is 30.3 Å². The van der Waals surface area contributed by atoms with Crippen molar-refractivity contribution in [2.24, 2.45) is 0 Å². The molecule has 2 heterocycles. The highest BCUT2D eigenvalue weighted by atomic mass is 35.5. The number of nitrogens with one attached hydrogen (secondary N) is 2. The van der Waals surface area contributed by atoms with Crippen molar-refractivity contribution in [3.8, 4) is 11.3 Å². The molecule has 1 saturated heterocycles. The number of hydrogen-bond donors (Lipinski definition) is 2. The number of hydrogen-bond acceptors (Lipinski definition) is 5. The standard InChI is InChI=1S/C29H26Cl2N4O2S/c30-24-11-6-21(18-25(24)31)26-12-13-27(37-26)28(36)33-29(38)32-22-7-9-23(10-8-22)35-16-14-34(15-17-35)19-20-4-2-1-3-5-20/h1-13,18H,14-17,19H2,(H2,32,33,36,38). The summed E-state index contributed by atoms with van der Waals surface area (Å²) in [6.07, 6.45) is 0. The number of piperazine rings is 1. The first-order valence-corrected chi connectivity index (χ1v) is 13.4. The number of furan rings is 1. The normalized spacial score (nSPS) is 13.8. The summed E-state index contributed by atoms with van der Waals surface area (Å²) in [4.78, 5) is 17.5. The van der Waals surface area contributed by atoms with Crippen molar-refractivity contribution >= 4 is 57.8 Å². The van der Waals surface area contributed by atoms with Crippen molar-refractivity contribution in [2.75, 3.05) is 36.4 Å². The third-order valence-electron chi connectivity index (χ3n) is 6.37. The molecular weight excluding hydrogens is 539 g/mol. The van der Waals surface area contributed by atoms with Crippen LogP contribution in [0, 0.1) is 0 Å². The Morgan fingerprint density at radius 1 is 0.868 bits per heavy atom. The zero-order chi connectivity index (χ0) is 26.5. The van der Waals surface area contributed by atoms with Gasteiger partial charge < -0.3 is 14.6 Å². The molecule has 1 aliphatic heterocycles. The molecule has 0 spiro atoms. The number of amides is 1. The maximum Gasteiger partial charge on any atom is 0.293 e. The summed E-state index contributed by atoms with van der Waals surface area (Å²) in [5.41, 5.74) is 4.02. The predicted octanol–water partition coefficient (Wildman–Crippen LogP) is 6.70. The molecule has 38 heavy (non-hydrogen) atoms. The molecule has 0 aliphatic carbocycles. The summed E-state index contributed by atoms with van der Waals surface area (Å²) in [6.45, 7) is 4.97. The van der Waals surface area contributed by atoms with Gasteiger partial charge in [-0.15, -0.1) is 0 Å². The summed E-state index contributed by atoms with van der Waals surface area (Å²) in [6, 6.07) is 27.0. The van der Waals surface area contributed by atoms with Crippen molar-refractivity contribution < 1.29 is 9.21 Å². The molecule has 1 amide bonds. The Hall–Kier alpha value is -3.36. The fourth-order valence-electron chi connectivity index (χ4n) is 4.35. The summed E-state index contributed by atoms with van der Waals surface area (Å²) < 4.78 is 5.69. The average Bonchev–Trinajstić information content (AvgIpc) is 3.42. The topological polar surface area (TPSA) is 60.8 Å². The van der Waals surface area contributed by atoms with E-state index in [-0.39, 0.29) is 10.9 Å². The lowest BCUT2D eigenvalue weighted by atomic mass is 10.2. The van der Waals surface area contributed by atoms with E-state index in [2.05, 4.69) is 62.9 Å². The van der Waals surface area contributed by atoms with Gasteiger partial charge >= 0.3 is 0 Å². The molecular formula is C29H26Cl2N4O2S. The fraction of sp³-hybridized carbons (Fsp3) is 0.172. The maximum absolute atomic E-state index is 12.6. The second-order valence-electron chi connectivity index (χ2n) is 9.00. The molecule has 4 aromatic rings. The highest BCUT2D eigenvalue weighted by molar-refractivity contribution is 7.80. The maximum atomic E-state index is 12.6. The number of rotatable bonds is 6. The Morgan fingerprint density at radius 3 is 2.32 bits per heavy atom. The highest BCUT2D eigenvalue weighted by Gasteiger charge is 2.18. The van der Waals surface area contributed by atoms with Crippen LogP contribution in [-0.2, 0) is 6.54 Å². The van der Waals surface area contributed by atoms with Gasteiger partial charge in [0.15, 0.2) is 10.9 Å². The van der Waals surface area contributed by atoms with Gasteiger partial charge in [-0.2, -0.15) is 0 Å². The van der Waals surface area contributed by atoms with Crippen molar-refractivity contribution in [1.29, 1.82) is 0 Å². The molecule has 0 saturated carbocycles. The van der Waals surface area contributed by atoms with Crippen LogP contribution in [0.1, 0.15) is 16.1 Å². The van der Waals surface area contributed by atoms with E-state index in [1.165, 1.54) is 5.56 Å². The monoisotopic (exact) mass is 564 g/mol. The molecule has 0 unspecified atom stereocenters. The van der Waals surface area contributed by atoms with E-state index >= 15 is 0 Å². The molecule has 3 aromatic carbocycles. The number of anilines is 2. The third-order valence-corrected chi connectivity index (χ3v) is 7.32. The molecule has 0 atom stereocenters. The summed E-state index contributed by atoms with van der Waals surface area (Å²) in [7, 11) is 0. The Balaban J connectivity index is 1.11. The minimum Gasteiger partial charge on any atom is -0.451 e. The molecule has 0 bridgehead atoms. The van der Waals surface area contributed by atoms with Crippen LogP contribution in [0.4, 0.5) is 11.4 Å². The van der Waals surface area contributed by atoms with Gasteiger partial charge in [0, 0.05) is 49.7 Å². The van der Waals surface area contributed by atoms with E-state index < -0.39 is 5.91 Å². The van der Waals surface area contributed by atoms with Gasteiger partial charge in [-0.3, -0.25) is 15.0 Å². The third kappa shape index (κ3) is 6.55. The van der Waals surface area contributed by atoms with Crippen LogP contribution in [0.5, 0.6) is 0 Å². The number of nitrogens with zero attached hydrogens (tertiary/aromatic N) is 2. The Labute approximate surface area is 237 Å². The number of benzene rings is 3. The average molecular weight is 566 g/mol. The molecule has 9 heteroatoms. The first-order valence-electron chi connectivity index (χ1n) is 12.2. The fourth-order valence-corrected chi connectivity index (χ4v) is 4.86. The lowest BCUT2D eigenvalue weighted by molar-refractivity contribution is 0.0951. The van der Waals surface area contributed by atoms with Crippen LogP contribution in [0.25, 0.3) is 11.3 Å². The molecule has 1 aromatic heterocycles. The second-order valence-corrected chi connectivity index (χ2v) is 10.2. The van der Waals surface area contributed by atoms with Gasteiger partial charge in [-0.25, -0.2) is 0 Å². The largest absolute Gasteiger partial charge is 0.451 e. The Bertz CT molecular complexity index is 1420. The van der Waals surface area contributed by atoms with Gasteiger partial charge in [0.25, 0.3) is 5.91 Å². The molecule has 2 N–H and O–H groups in total. The zero-order valence-corrected chi connectivity index (χ0v) is 22.8. The van der Waals surface area contributed by atoms with Crippen LogP contribution in [0.2, 0.25) is 10.0 Å². The molecule has 1 fully saturated rings. The Kier molecular flexibility index (Phi) is 8.29. The van der Waals surface area contributed by atoms with Crippen LogP contribution >= 0.6 is 35.4 Å². The first-order chi connectivity index (χ1) is 18.4. The van der Waals surface area contributed by atoms with Crippen molar-refractivity contribution in [1.82, 2.24) is 10.2 Å². The van der Waals surface area contributed by atoms with E-state index in [9.17, 15) is 4.79 Å². The minimum absolute atomic E-state index is 0.136. The SMILES string of the molecule is O=C(NC(=S)Nc1ccc(N2CCN(Cc3ccccc3)CC2)cc1)c1ccc(-c2ccc(Cl)c(Cl)c2)o1. The van der Waals surface area contributed by atoms with Gasteiger partial charge in [0.1, 0.15) is 5.76 Å². The summed E-state index contributed by atoms with van der Waals surface area (Å²) >= 11 is 17.4. The van der Waals surface area contributed by atoms with Crippen LogP contribution in [0.3, 0.4) is 0 Å². The van der Waals surface area contributed by atoms with E-state index in [1.807, 2.05) is 12.1 Å². The van der Waals surface area contributed by atoms with Crippen LogP contribution in [0.15, 0.2) is 89.3 Å². The molecule has 194 valence electrons. The van der Waals surface area contributed by atoms with E-state index in [0.29, 0.717) is 15.8 Å². The lowest BCUT2D eigenvalue weighted by Gasteiger charge is -2.36. The summed E-state index contributed by atoms with van der Waals surface area (Å²) in [5, 5.41) is 6.76. The smallest absolute Gasteiger partial charge is 0.293 e. The van der Waals surface area contributed by atoms with Crippen molar-refractivity contribution in [3.63, 3.8) is 0 Å². The van der Waals surface area contributed by atoms with Gasteiger partial charge in [-0.1, -0.05) is 53.5 Å². The molecule has 0 radical (unpaired) electrons. The van der Waals surface area contributed by atoms with Crippen LogP contribution in [-0.4, -0.2) is 42.1 Å². The number of carbonyl (C=O) groups excluding carboxylic acids is 1. The summed E-state index contributed by atoms with van der Waals surface area (Å²) in [5.74, 6) is 0.194. The predicted molar refractivity (Wildman–Crippen MR) is 158 cm³/mol. The van der Waals surface area contributed by atoms with E-state index in [0.717, 1.165) is 49.7 Å². The molecule has 1 aliphatic rings. The number of thiocarbonyl (C=S) groups is 1. The highest BCUT2D eigenvalue weighted by Crippen LogP contribution is 2.29. The van der Waals surface area contributed by atoms with Crippen molar-refractivity contribution in [2.45, 2.75) is 6.54 Å². The Morgan fingerprint density at radius 2 is 1.61 bits per heavy atom. The first kappa shape index (κ1) is 26.3. The minimum atomic E-state index is -0.446. The van der Waals surface area contributed by atoms with Gasteiger partial charge in [0.05, 0.1) is 10.0 Å². The quantitative estimate of drug-likeness (QED) is 0.254. The zero-order valence-electron chi connectivity index (χ0n) is 20.5. The number of halogens is 2. The van der Waals surface area contributed by atoms with Crippen molar-refractivity contribution in [3.05, 3.63) is 106 Å². The van der Waals surface area contributed by atoms with Crippen LogP contribution < -0.4 is 15.5 Å².